The zero-order valence-electron chi connectivity index (χ0n) is 26.2. The first-order valence-electron chi connectivity index (χ1n) is 17.0. The van der Waals surface area contributed by atoms with Crippen LogP contribution in [0.4, 0.5) is 0 Å². The van der Waals surface area contributed by atoms with Crippen molar-refractivity contribution in [1.29, 1.82) is 0 Å². The molecule has 5 saturated carbocycles. The lowest BCUT2D eigenvalue weighted by atomic mass is 9.33. The largest absolute Gasteiger partial charge is 0.464 e. The summed E-state index contributed by atoms with van der Waals surface area (Å²) in [5, 5.41) is 0. The molecule has 0 aromatic heterocycles. The van der Waals surface area contributed by atoms with Gasteiger partial charge in [-0.2, -0.15) is 0 Å². The Bertz CT molecular complexity index is 916. The van der Waals surface area contributed by atoms with Gasteiger partial charge < -0.3 is 9.47 Å². The van der Waals surface area contributed by atoms with E-state index in [0.717, 1.165) is 56.5 Å². The van der Waals surface area contributed by atoms with Crippen LogP contribution < -0.4 is 0 Å². The number of hydrogen-bond acceptors (Lipinski definition) is 4. The Hall–Kier alpha value is -0.610. The van der Waals surface area contributed by atoms with E-state index in [0.29, 0.717) is 40.1 Å². The van der Waals surface area contributed by atoms with Crippen molar-refractivity contribution >= 4 is 5.97 Å². The minimum Gasteiger partial charge on any atom is -0.464 e. The molecule has 0 amide bonds. The van der Waals surface area contributed by atoms with E-state index in [4.69, 9.17) is 9.47 Å². The summed E-state index contributed by atoms with van der Waals surface area (Å²) in [6.45, 7) is 20.4. The predicted octanol–water partition coefficient (Wildman–Crippen LogP) is 7.60. The van der Waals surface area contributed by atoms with Crippen molar-refractivity contribution in [3.05, 3.63) is 0 Å². The maximum atomic E-state index is 13.4. The molecule has 0 spiro atoms. The topological polar surface area (TPSA) is 38.8 Å². The van der Waals surface area contributed by atoms with Crippen molar-refractivity contribution in [1.82, 2.24) is 4.90 Å². The van der Waals surface area contributed by atoms with Crippen molar-refractivity contribution in [3.8, 4) is 0 Å². The van der Waals surface area contributed by atoms with E-state index >= 15 is 0 Å². The summed E-state index contributed by atoms with van der Waals surface area (Å²) in [5.41, 5.74) is 1.78. The molecule has 0 aromatic rings. The van der Waals surface area contributed by atoms with Crippen LogP contribution in [0.5, 0.6) is 0 Å². The standard InChI is InChI=1S/C35H59NO3/c1-24-8-7-13-33(4)27(24)12-15-35(6)29(33)10-9-28-30-26(11-14-32(30,3)16-17-34(28,35)5)25(2)31(37)39-23-20-36-18-21-38-22-19-36/h24-30H,7-23H2,1-6H3/t24?,25?,26?,27?,28?,29?,30?,32?,33?,34-,35?/m1/s1. The van der Waals surface area contributed by atoms with Gasteiger partial charge in [-0.05, 0) is 115 Å². The molecule has 1 saturated heterocycles. The van der Waals surface area contributed by atoms with Gasteiger partial charge in [-0.15, -0.1) is 0 Å². The molecule has 5 aliphatic carbocycles. The predicted molar refractivity (Wildman–Crippen MR) is 157 cm³/mol. The average molecular weight is 542 g/mol. The van der Waals surface area contributed by atoms with Crippen LogP contribution in [0.25, 0.3) is 0 Å². The van der Waals surface area contributed by atoms with Gasteiger partial charge in [-0.1, -0.05) is 54.4 Å². The van der Waals surface area contributed by atoms with Crippen LogP contribution in [-0.2, 0) is 14.3 Å². The Labute approximate surface area is 239 Å². The van der Waals surface area contributed by atoms with Crippen LogP contribution >= 0.6 is 0 Å². The number of hydrogen-bond donors (Lipinski definition) is 0. The Morgan fingerprint density at radius 1 is 0.897 bits per heavy atom. The fourth-order valence-electron chi connectivity index (χ4n) is 12.7. The smallest absolute Gasteiger partial charge is 0.308 e. The third-order valence-corrected chi connectivity index (χ3v) is 15.1. The second-order valence-electron chi connectivity index (χ2n) is 16.4. The van der Waals surface area contributed by atoms with Crippen LogP contribution in [0.2, 0.25) is 0 Å². The zero-order valence-corrected chi connectivity index (χ0v) is 26.2. The van der Waals surface area contributed by atoms with Gasteiger partial charge >= 0.3 is 5.97 Å². The lowest BCUT2D eigenvalue weighted by molar-refractivity contribution is -0.229. The molecule has 1 aliphatic heterocycles. The summed E-state index contributed by atoms with van der Waals surface area (Å²) >= 11 is 0. The molecule has 11 atom stereocenters. The summed E-state index contributed by atoms with van der Waals surface area (Å²) in [6, 6.07) is 0. The third kappa shape index (κ3) is 4.38. The molecule has 6 fully saturated rings. The van der Waals surface area contributed by atoms with E-state index in [1.807, 2.05) is 0 Å². The number of esters is 1. The molecular formula is C35H59NO3. The van der Waals surface area contributed by atoms with Crippen LogP contribution in [-0.4, -0.2) is 50.3 Å². The first kappa shape index (κ1) is 28.5. The monoisotopic (exact) mass is 541 g/mol. The highest BCUT2D eigenvalue weighted by Gasteiger charge is 2.69. The highest BCUT2D eigenvalue weighted by Crippen LogP contribution is 2.76. The second-order valence-corrected chi connectivity index (χ2v) is 16.4. The third-order valence-electron chi connectivity index (χ3n) is 15.1. The van der Waals surface area contributed by atoms with E-state index in [1.54, 1.807) is 0 Å². The number of carbonyl (C=O) groups excluding carboxylic acids is 1. The summed E-state index contributed by atoms with van der Waals surface area (Å²) in [7, 11) is 0. The van der Waals surface area contributed by atoms with Crippen LogP contribution in [0.1, 0.15) is 112 Å². The Kier molecular flexibility index (Phi) is 7.52. The van der Waals surface area contributed by atoms with Gasteiger partial charge in [0.05, 0.1) is 19.1 Å². The second kappa shape index (κ2) is 10.3. The molecule has 6 aliphatic rings. The highest BCUT2D eigenvalue weighted by molar-refractivity contribution is 5.72. The van der Waals surface area contributed by atoms with Crippen molar-refractivity contribution in [3.63, 3.8) is 0 Å². The van der Waals surface area contributed by atoms with Gasteiger partial charge in [-0.3, -0.25) is 9.69 Å². The maximum absolute atomic E-state index is 13.4. The lowest BCUT2D eigenvalue weighted by Gasteiger charge is -2.71. The first-order chi connectivity index (χ1) is 18.5. The molecule has 0 bridgehead atoms. The van der Waals surface area contributed by atoms with E-state index in [1.165, 1.54) is 70.6 Å². The van der Waals surface area contributed by atoms with Gasteiger partial charge in [0.25, 0.3) is 0 Å². The molecule has 0 N–H and O–H groups in total. The van der Waals surface area contributed by atoms with Crippen LogP contribution in [0.3, 0.4) is 0 Å². The van der Waals surface area contributed by atoms with Gasteiger partial charge in [0.1, 0.15) is 6.61 Å². The number of ether oxygens (including phenoxy) is 2. The molecule has 4 heteroatoms. The van der Waals surface area contributed by atoms with Crippen molar-refractivity contribution in [2.45, 2.75) is 112 Å². The molecule has 4 nitrogen and oxygen atoms in total. The summed E-state index contributed by atoms with van der Waals surface area (Å²) in [4.78, 5) is 15.8. The molecule has 39 heavy (non-hydrogen) atoms. The lowest BCUT2D eigenvalue weighted by Crippen LogP contribution is -2.64. The van der Waals surface area contributed by atoms with E-state index in [-0.39, 0.29) is 11.9 Å². The minimum atomic E-state index is 0.0156. The van der Waals surface area contributed by atoms with Gasteiger partial charge in [-0.25, -0.2) is 0 Å². The molecule has 10 unspecified atom stereocenters. The van der Waals surface area contributed by atoms with Crippen molar-refractivity contribution in [2.75, 3.05) is 39.5 Å². The van der Waals surface area contributed by atoms with Gasteiger partial charge in [0.15, 0.2) is 0 Å². The summed E-state index contributed by atoms with van der Waals surface area (Å²) in [5.74, 6) is 4.71. The highest BCUT2D eigenvalue weighted by atomic mass is 16.5. The van der Waals surface area contributed by atoms with E-state index < -0.39 is 0 Å². The fraction of sp³-hybridized carbons (Fsp3) is 0.971. The molecule has 1 heterocycles. The Morgan fingerprint density at radius 3 is 2.44 bits per heavy atom. The molecular weight excluding hydrogens is 482 g/mol. The number of carbonyl (C=O) groups is 1. The Morgan fingerprint density at radius 2 is 1.67 bits per heavy atom. The van der Waals surface area contributed by atoms with Crippen molar-refractivity contribution < 1.29 is 14.3 Å². The molecule has 0 aromatic carbocycles. The van der Waals surface area contributed by atoms with Crippen LogP contribution in [0.15, 0.2) is 0 Å². The number of fused-ring (bicyclic) bond motifs is 7. The minimum absolute atomic E-state index is 0.0156. The summed E-state index contributed by atoms with van der Waals surface area (Å²) in [6.07, 6.45) is 15.3. The molecule has 222 valence electrons. The maximum Gasteiger partial charge on any atom is 0.308 e. The number of rotatable bonds is 5. The van der Waals surface area contributed by atoms with Crippen LogP contribution in [0, 0.1) is 63.1 Å². The number of nitrogens with zero attached hydrogens (tertiary/aromatic N) is 1. The quantitative estimate of drug-likeness (QED) is 0.336. The first-order valence-corrected chi connectivity index (χ1v) is 17.0. The summed E-state index contributed by atoms with van der Waals surface area (Å²) < 4.78 is 11.4. The van der Waals surface area contributed by atoms with E-state index in [9.17, 15) is 4.79 Å². The fourth-order valence-corrected chi connectivity index (χ4v) is 12.7. The average Bonchev–Trinajstić information content (AvgIpc) is 3.26. The molecule has 6 rings (SSSR count). The number of morpholine rings is 1. The Balaban J connectivity index is 1.20. The van der Waals surface area contributed by atoms with Gasteiger partial charge in [0, 0.05) is 19.6 Å². The zero-order chi connectivity index (χ0) is 27.6. The SMILES string of the molecule is CC1CCCC2(C)C1CCC1(C)C2CCC2C3C(C(C)C(=O)OCCN4CCOCC4)CCC3(C)CC[C@]21C. The van der Waals surface area contributed by atoms with Gasteiger partial charge in [0.2, 0.25) is 0 Å². The van der Waals surface area contributed by atoms with E-state index in [2.05, 4.69) is 46.4 Å². The molecule has 0 radical (unpaired) electrons. The normalized spacial score (nSPS) is 50.7. The van der Waals surface area contributed by atoms with Crippen molar-refractivity contribution in [2.24, 2.45) is 63.1 Å².